The normalized spacial score (nSPS) is 10.9. The van der Waals surface area contributed by atoms with E-state index in [2.05, 4.69) is 10.4 Å². The van der Waals surface area contributed by atoms with Crippen molar-refractivity contribution in [3.05, 3.63) is 41.6 Å². The molecule has 7 heteroatoms. The molecule has 0 atom stereocenters. The summed E-state index contributed by atoms with van der Waals surface area (Å²) >= 11 is 0. The largest absolute Gasteiger partial charge is 0.480 e. The highest BCUT2D eigenvalue weighted by Crippen LogP contribution is 2.17. The van der Waals surface area contributed by atoms with Crippen LogP contribution in [0.2, 0.25) is 0 Å². The first-order chi connectivity index (χ1) is 11.9. The van der Waals surface area contributed by atoms with Crippen LogP contribution < -0.4 is 5.32 Å². The van der Waals surface area contributed by atoms with Crippen molar-refractivity contribution in [2.45, 2.75) is 27.2 Å². The van der Waals surface area contributed by atoms with Crippen LogP contribution in [0, 0.1) is 13.8 Å². The molecule has 1 amide bonds. The lowest BCUT2D eigenvalue weighted by atomic mass is 10.2. The minimum atomic E-state index is -0.943. The van der Waals surface area contributed by atoms with Gasteiger partial charge in [-0.05, 0) is 38.9 Å². The standard InChI is InChI=1S/C18H24N4O3/c1-4-9-21(12-18(24)25)11-17(23)19-16-10-14(3)20-22(16)15-7-5-13(2)6-8-15/h5-8,10H,4,9,11-12H2,1-3H3,(H,19,23)(H,24,25). The zero-order chi connectivity index (χ0) is 18.4. The zero-order valence-corrected chi connectivity index (χ0v) is 14.8. The third-order valence-electron chi connectivity index (χ3n) is 3.64. The van der Waals surface area contributed by atoms with Crippen LogP contribution in [0.1, 0.15) is 24.6 Å². The molecule has 7 nitrogen and oxygen atoms in total. The number of aryl methyl sites for hydroxylation is 2. The van der Waals surface area contributed by atoms with Gasteiger partial charge in [0.05, 0.1) is 24.5 Å². The fourth-order valence-corrected chi connectivity index (χ4v) is 2.58. The van der Waals surface area contributed by atoms with Crippen LogP contribution in [-0.4, -0.2) is 51.3 Å². The van der Waals surface area contributed by atoms with Gasteiger partial charge >= 0.3 is 5.97 Å². The van der Waals surface area contributed by atoms with Gasteiger partial charge in [0.25, 0.3) is 0 Å². The van der Waals surface area contributed by atoms with E-state index in [0.29, 0.717) is 12.4 Å². The molecule has 0 aliphatic rings. The van der Waals surface area contributed by atoms with Gasteiger partial charge in [-0.25, -0.2) is 4.68 Å². The van der Waals surface area contributed by atoms with Crippen LogP contribution >= 0.6 is 0 Å². The summed E-state index contributed by atoms with van der Waals surface area (Å²) in [5, 5.41) is 16.2. The molecule has 0 bridgehead atoms. The Hall–Kier alpha value is -2.67. The van der Waals surface area contributed by atoms with E-state index < -0.39 is 5.97 Å². The van der Waals surface area contributed by atoms with E-state index >= 15 is 0 Å². The lowest BCUT2D eigenvalue weighted by molar-refractivity contribution is -0.138. The molecule has 0 saturated heterocycles. The summed E-state index contributed by atoms with van der Waals surface area (Å²) < 4.78 is 1.67. The number of hydrogen-bond donors (Lipinski definition) is 2. The molecule has 0 spiro atoms. The molecule has 2 N–H and O–H groups in total. The summed E-state index contributed by atoms with van der Waals surface area (Å²) in [4.78, 5) is 24.9. The molecule has 2 aromatic rings. The lowest BCUT2D eigenvalue weighted by Crippen LogP contribution is -2.37. The Labute approximate surface area is 147 Å². The number of hydrogen-bond acceptors (Lipinski definition) is 4. The van der Waals surface area contributed by atoms with Crippen LogP contribution in [0.4, 0.5) is 5.82 Å². The monoisotopic (exact) mass is 344 g/mol. The quantitative estimate of drug-likeness (QED) is 0.767. The number of anilines is 1. The predicted octanol–water partition coefficient (Wildman–Crippen LogP) is 2.22. The van der Waals surface area contributed by atoms with E-state index in [1.54, 1.807) is 15.6 Å². The Balaban J connectivity index is 2.12. The number of amides is 1. The Morgan fingerprint density at radius 2 is 1.88 bits per heavy atom. The second kappa shape index (κ2) is 8.43. The average Bonchev–Trinajstić information content (AvgIpc) is 2.88. The first-order valence-electron chi connectivity index (χ1n) is 8.26. The summed E-state index contributed by atoms with van der Waals surface area (Å²) in [5.74, 6) is -0.636. The number of carboxylic acids is 1. The molecule has 0 radical (unpaired) electrons. The third kappa shape index (κ3) is 5.42. The molecular formula is C18H24N4O3. The Kier molecular flexibility index (Phi) is 6.30. The summed E-state index contributed by atoms with van der Waals surface area (Å²) in [6.07, 6.45) is 0.779. The summed E-state index contributed by atoms with van der Waals surface area (Å²) in [6, 6.07) is 9.62. The number of nitrogens with one attached hydrogen (secondary N) is 1. The molecule has 25 heavy (non-hydrogen) atoms. The van der Waals surface area contributed by atoms with E-state index in [9.17, 15) is 9.59 Å². The van der Waals surface area contributed by atoms with Crippen LogP contribution in [0.25, 0.3) is 5.69 Å². The number of aromatic nitrogens is 2. The molecule has 0 saturated carbocycles. The number of rotatable bonds is 8. The van der Waals surface area contributed by atoms with Gasteiger partial charge in [-0.2, -0.15) is 5.10 Å². The maximum atomic E-state index is 12.3. The number of carboxylic acid groups (broad SMARTS) is 1. The first kappa shape index (κ1) is 18.7. The van der Waals surface area contributed by atoms with Gasteiger partial charge in [0, 0.05) is 6.07 Å². The molecular weight excluding hydrogens is 320 g/mol. The Bertz CT molecular complexity index is 737. The maximum Gasteiger partial charge on any atom is 0.317 e. The number of benzene rings is 1. The van der Waals surface area contributed by atoms with Gasteiger partial charge in [-0.15, -0.1) is 0 Å². The summed E-state index contributed by atoms with van der Waals surface area (Å²) in [6.45, 7) is 6.23. The highest BCUT2D eigenvalue weighted by molar-refractivity contribution is 5.92. The van der Waals surface area contributed by atoms with Crippen molar-refractivity contribution in [1.29, 1.82) is 0 Å². The number of carbonyl (C=O) groups is 2. The zero-order valence-electron chi connectivity index (χ0n) is 14.8. The molecule has 1 aromatic heterocycles. The fraction of sp³-hybridized carbons (Fsp3) is 0.389. The van der Waals surface area contributed by atoms with Crippen molar-refractivity contribution in [2.24, 2.45) is 0 Å². The van der Waals surface area contributed by atoms with Gasteiger partial charge in [-0.1, -0.05) is 24.6 Å². The average molecular weight is 344 g/mol. The van der Waals surface area contributed by atoms with Crippen molar-refractivity contribution in [1.82, 2.24) is 14.7 Å². The maximum absolute atomic E-state index is 12.3. The van der Waals surface area contributed by atoms with Crippen molar-refractivity contribution in [3.63, 3.8) is 0 Å². The topological polar surface area (TPSA) is 87.5 Å². The van der Waals surface area contributed by atoms with Crippen molar-refractivity contribution in [3.8, 4) is 5.69 Å². The van der Waals surface area contributed by atoms with Gasteiger partial charge in [-0.3, -0.25) is 14.5 Å². The minimum absolute atomic E-state index is 0.0261. The van der Waals surface area contributed by atoms with Crippen LogP contribution in [-0.2, 0) is 9.59 Å². The highest BCUT2D eigenvalue weighted by atomic mass is 16.4. The first-order valence-corrected chi connectivity index (χ1v) is 8.26. The van der Waals surface area contributed by atoms with Gasteiger partial charge in [0.2, 0.25) is 5.91 Å². The molecule has 1 heterocycles. The fourth-order valence-electron chi connectivity index (χ4n) is 2.58. The van der Waals surface area contributed by atoms with Crippen LogP contribution in [0.5, 0.6) is 0 Å². The molecule has 2 rings (SSSR count). The smallest absolute Gasteiger partial charge is 0.317 e. The highest BCUT2D eigenvalue weighted by Gasteiger charge is 2.16. The Morgan fingerprint density at radius 1 is 1.20 bits per heavy atom. The number of nitrogens with zero attached hydrogens (tertiary/aromatic N) is 3. The second-order valence-electron chi connectivity index (χ2n) is 6.07. The number of aliphatic carboxylic acids is 1. The second-order valence-corrected chi connectivity index (χ2v) is 6.07. The molecule has 0 aliphatic carbocycles. The van der Waals surface area contributed by atoms with E-state index in [4.69, 9.17) is 5.11 Å². The van der Waals surface area contributed by atoms with Crippen LogP contribution in [0.15, 0.2) is 30.3 Å². The van der Waals surface area contributed by atoms with E-state index in [1.807, 2.05) is 45.0 Å². The number of carbonyl (C=O) groups excluding carboxylic acids is 1. The molecule has 0 aliphatic heterocycles. The van der Waals surface area contributed by atoms with E-state index in [1.165, 1.54) is 0 Å². The summed E-state index contributed by atoms with van der Waals surface area (Å²) in [7, 11) is 0. The lowest BCUT2D eigenvalue weighted by Gasteiger charge is -2.19. The van der Waals surface area contributed by atoms with Crippen molar-refractivity contribution in [2.75, 3.05) is 25.0 Å². The van der Waals surface area contributed by atoms with Crippen molar-refractivity contribution >= 4 is 17.7 Å². The third-order valence-corrected chi connectivity index (χ3v) is 3.64. The van der Waals surface area contributed by atoms with E-state index in [0.717, 1.165) is 23.4 Å². The summed E-state index contributed by atoms with van der Waals surface area (Å²) in [5.41, 5.74) is 2.78. The van der Waals surface area contributed by atoms with Gasteiger partial charge in [0.1, 0.15) is 5.82 Å². The van der Waals surface area contributed by atoms with Gasteiger partial charge in [0.15, 0.2) is 0 Å². The molecule has 1 aromatic carbocycles. The Morgan fingerprint density at radius 3 is 2.48 bits per heavy atom. The van der Waals surface area contributed by atoms with Crippen molar-refractivity contribution < 1.29 is 14.7 Å². The van der Waals surface area contributed by atoms with Gasteiger partial charge < -0.3 is 10.4 Å². The van der Waals surface area contributed by atoms with Crippen LogP contribution in [0.3, 0.4) is 0 Å². The molecule has 134 valence electrons. The predicted molar refractivity (Wildman–Crippen MR) is 96.0 cm³/mol. The molecule has 0 unspecified atom stereocenters. The minimum Gasteiger partial charge on any atom is -0.480 e. The van der Waals surface area contributed by atoms with E-state index in [-0.39, 0.29) is 19.0 Å². The molecule has 0 fully saturated rings. The SMILES string of the molecule is CCCN(CC(=O)O)CC(=O)Nc1cc(C)nn1-c1ccc(C)cc1.